The van der Waals surface area contributed by atoms with E-state index in [2.05, 4.69) is 15.5 Å². The summed E-state index contributed by atoms with van der Waals surface area (Å²) in [6.07, 6.45) is 0.669. The molecular weight excluding hydrogens is 238 g/mol. The Morgan fingerprint density at radius 1 is 0.947 bits per heavy atom. The topological polar surface area (TPSA) is 69.6 Å². The summed E-state index contributed by atoms with van der Waals surface area (Å²) in [5.74, 6) is 0.768. The summed E-state index contributed by atoms with van der Waals surface area (Å²) in [5.41, 5.74) is 8.58. The van der Waals surface area contributed by atoms with E-state index in [0.717, 1.165) is 17.1 Å². The van der Waals surface area contributed by atoms with Crippen LogP contribution in [0.2, 0.25) is 0 Å². The lowest BCUT2D eigenvalue weighted by molar-refractivity contribution is 0.772. The second-order valence-electron chi connectivity index (χ2n) is 4.23. The van der Waals surface area contributed by atoms with E-state index in [0.29, 0.717) is 12.1 Å². The SMILES string of the molecule is Nc1ccccc1-n1nnnc1Cc1ccccc1. The highest BCUT2D eigenvalue weighted by Crippen LogP contribution is 2.17. The molecule has 0 aliphatic heterocycles. The van der Waals surface area contributed by atoms with Crippen LogP contribution in [0.3, 0.4) is 0 Å². The van der Waals surface area contributed by atoms with Gasteiger partial charge in [0.25, 0.3) is 0 Å². The number of nitrogen functional groups attached to an aromatic ring is 1. The highest BCUT2D eigenvalue weighted by molar-refractivity contribution is 5.57. The number of benzene rings is 2. The lowest BCUT2D eigenvalue weighted by Crippen LogP contribution is -2.06. The number of tetrazole rings is 1. The molecule has 0 spiro atoms. The maximum absolute atomic E-state index is 5.96. The fourth-order valence-corrected chi connectivity index (χ4v) is 1.96. The molecule has 3 rings (SSSR count). The van der Waals surface area contributed by atoms with Gasteiger partial charge >= 0.3 is 0 Å². The average molecular weight is 251 g/mol. The Labute approximate surface area is 110 Å². The largest absolute Gasteiger partial charge is 0.397 e. The zero-order valence-electron chi connectivity index (χ0n) is 10.3. The highest BCUT2D eigenvalue weighted by Gasteiger charge is 2.10. The van der Waals surface area contributed by atoms with Crippen molar-refractivity contribution in [2.24, 2.45) is 0 Å². The first-order valence-electron chi connectivity index (χ1n) is 6.00. The number of nitrogens with two attached hydrogens (primary N) is 1. The summed E-state index contributed by atoms with van der Waals surface area (Å²) >= 11 is 0. The molecule has 0 atom stereocenters. The molecule has 5 heteroatoms. The zero-order chi connectivity index (χ0) is 13.1. The molecule has 0 saturated carbocycles. The van der Waals surface area contributed by atoms with Gasteiger partial charge in [0, 0.05) is 6.42 Å². The molecule has 94 valence electrons. The predicted octanol–water partition coefficient (Wildman–Crippen LogP) is 1.84. The molecule has 0 saturated heterocycles. The fraction of sp³-hybridized carbons (Fsp3) is 0.0714. The van der Waals surface area contributed by atoms with Gasteiger partial charge in [0.1, 0.15) is 0 Å². The molecule has 1 aromatic heterocycles. The third-order valence-corrected chi connectivity index (χ3v) is 2.90. The first-order valence-corrected chi connectivity index (χ1v) is 6.00. The molecule has 0 unspecified atom stereocenters. The number of aromatic nitrogens is 4. The van der Waals surface area contributed by atoms with Gasteiger partial charge in [-0.3, -0.25) is 0 Å². The van der Waals surface area contributed by atoms with Gasteiger partial charge < -0.3 is 5.73 Å². The third kappa shape index (κ3) is 2.30. The van der Waals surface area contributed by atoms with Gasteiger partial charge in [-0.25, -0.2) is 0 Å². The van der Waals surface area contributed by atoms with Crippen molar-refractivity contribution in [3.8, 4) is 5.69 Å². The minimum absolute atomic E-state index is 0.657. The number of para-hydroxylation sites is 2. The maximum Gasteiger partial charge on any atom is 0.161 e. The van der Waals surface area contributed by atoms with Gasteiger partial charge in [-0.1, -0.05) is 42.5 Å². The monoisotopic (exact) mass is 251 g/mol. The molecule has 2 N–H and O–H groups in total. The molecule has 0 radical (unpaired) electrons. The van der Waals surface area contributed by atoms with Crippen LogP contribution in [-0.4, -0.2) is 20.2 Å². The van der Waals surface area contributed by atoms with Crippen LogP contribution in [0.15, 0.2) is 54.6 Å². The molecule has 0 fully saturated rings. The molecule has 5 nitrogen and oxygen atoms in total. The lowest BCUT2D eigenvalue weighted by Gasteiger charge is -2.07. The normalized spacial score (nSPS) is 10.5. The molecule has 0 aliphatic rings. The lowest BCUT2D eigenvalue weighted by atomic mass is 10.1. The molecule has 0 bridgehead atoms. The molecule has 19 heavy (non-hydrogen) atoms. The second kappa shape index (κ2) is 4.89. The minimum atomic E-state index is 0.657. The molecule has 0 aliphatic carbocycles. The number of hydrogen-bond donors (Lipinski definition) is 1. The first kappa shape index (κ1) is 11.4. The summed E-state index contributed by atoms with van der Waals surface area (Å²) in [7, 11) is 0. The van der Waals surface area contributed by atoms with Crippen LogP contribution in [0, 0.1) is 0 Å². The second-order valence-corrected chi connectivity index (χ2v) is 4.23. The fourth-order valence-electron chi connectivity index (χ4n) is 1.96. The smallest absolute Gasteiger partial charge is 0.161 e. The summed E-state index contributed by atoms with van der Waals surface area (Å²) in [4.78, 5) is 0. The van der Waals surface area contributed by atoms with Crippen molar-refractivity contribution in [1.29, 1.82) is 0 Å². The Bertz CT molecular complexity index is 675. The van der Waals surface area contributed by atoms with Crippen molar-refractivity contribution in [2.75, 3.05) is 5.73 Å². The van der Waals surface area contributed by atoms with E-state index in [-0.39, 0.29) is 0 Å². The molecular formula is C14H13N5. The zero-order valence-corrected chi connectivity index (χ0v) is 10.3. The van der Waals surface area contributed by atoms with Crippen LogP contribution in [0.1, 0.15) is 11.4 Å². The standard InChI is InChI=1S/C14H13N5/c15-12-8-4-5-9-13(12)19-14(16-17-18-19)10-11-6-2-1-3-7-11/h1-9H,10,15H2. The number of hydrogen-bond acceptors (Lipinski definition) is 4. The Balaban J connectivity index is 1.98. The maximum atomic E-state index is 5.96. The van der Waals surface area contributed by atoms with Crippen LogP contribution in [0.25, 0.3) is 5.69 Å². The van der Waals surface area contributed by atoms with Crippen LogP contribution in [-0.2, 0) is 6.42 Å². The van der Waals surface area contributed by atoms with Crippen molar-refractivity contribution in [1.82, 2.24) is 20.2 Å². The van der Waals surface area contributed by atoms with Gasteiger partial charge in [0.05, 0.1) is 11.4 Å². The first-order chi connectivity index (χ1) is 9.34. The number of nitrogens with zero attached hydrogens (tertiary/aromatic N) is 4. The van der Waals surface area contributed by atoms with Crippen LogP contribution in [0.4, 0.5) is 5.69 Å². The van der Waals surface area contributed by atoms with Gasteiger partial charge in [-0.05, 0) is 28.1 Å². The van der Waals surface area contributed by atoms with Crippen molar-refractivity contribution in [3.63, 3.8) is 0 Å². The van der Waals surface area contributed by atoms with E-state index in [1.165, 1.54) is 0 Å². The Hall–Kier alpha value is -2.69. The molecule has 1 heterocycles. The van der Waals surface area contributed by atoms with E-state index in [1.807, 2.05) is 54.6 Å². The van der Waals surface area contributed by atoms with Gasteiger partial charge in [-0.15, -0.1) is 5.10 Å². The van der Waals surface area contributed by atoms with Crippen molar-refractivity contribution in [3.05, 3.63) is 66.0 Å². The third-order valence-electron chi connectivity index (χ3n) is 2.90. The number of rotatable bonds is 3. The number of anilines is 1. The van der Waals surface area contributed by atoms with Gasteiger partial charge in [-0.2, -0.15) is 4.68 Å². The van der Waals surface area contributed by atoms with Crippen molar-refractivity contribution < 1.29 is 0 Å². The summed E-state index contributed by atoms with van der Waals surface area (Å²) in [6.45, 7) is 0. The predicted molar refractivity (Wildman–Crippen MR) is 72.8 cm³/mol. The quantitative estimate of drug-likeness (QED) is 0.721. The highest BCUT2D eigenvalue weighted by atomic mass is 15.5. The van der Waals surface area contributed by atoms with E-state index >= 15 is 0 Å². The van der Waals surface area contributed by atoms with Crippen molar-refractivity contribution >= 4 is 5.69 Å². The van der Waals surface area contributed by atoms with E-state index in [1.54, 1.807) is 4.68 Å². The Morgan fingerprint density at radius 2 is 1.68 bits per heavy atom. The molecule has 3 aromatic rings. The Kier molecular flexibility index (Phi) is 2.94. The molecule has 2 aromatic carbocycles. The van der Waals surface area contributed by atoms with E-state index in [9.17, 15) is 0 Å². The summed E-state index contributed by atoms with van der Waals surface area (Å²) in [5, 5.41) is 11.8. The summed E-state index contributed by atoms with van der Waals surface area (Å²) < 4.78 is 1.68. The van der Waals surface area contributed by atoms with E-state index < -0.39 is 0 Å². The molecule has 0 amide bonds. The average Bonchev–Trinajstić information content (AvgIpc) is 2.88. The van der Waals surface area contributed by atoms with Crippen LogP contribution >= 0.6 is 0 Å². The van der Waals surface area contributed by atoms with Crippen LogP contribution in [0.5, 0.6) is 0 Å². The van der Waals surface area contributed by atoms with Crippen LogP contribution < -0.4 is 5.73 Å². The van der Waals surface area contributed by atoms with E-state index in [4.69, 9.17) is 5.73 Å². The minimum Gasteiger partial charge on any atom is -0.397 e. The Morgan fingerprint density at radius 3 is 2.47 bits per heavy atom. The van der Waals surface area contributed by atoms with Gasteiger partial charge in [0.15, 0.2) is 5.82 Å². The summed E-state index contributed by atoms with van der Waals surface area (Å²) in [6, 6.07) is 17.6. The van der Waals surface area contributed by atoms with Gasteiger partial charge in [0.2, 0.25) is 0 Å². The van der Waals surface area contributed by atoms with Crippen molar-refractivity contribution in [2.45, 2.75) is 6.42 Å².